The van der Waals surface area contributed by atoms with Crippen LogP contribution in [0.5, 0.6) is 0 Å². The van der Waals surface area contributed by atoms with Crippen molar-refractivity contribution >= 4 is 40.7 Å². The van der Waals surface area contributed by atoms with Gasteiger partial charge in [-0.3, -0.25) is 19.4 Å². The van der Waals surface area contributed by atoms with E-state index in [1.54, 1.807) is 6.07 Å². The SMILES string of the molecule is Cc1ccc(NC(=O)CN2N=N[C@@H]3C(=O)N(c4ccc(F)c(Cl)c4)C(=O)[C@@H]32)cc1C. The molecule has 0 spiro atoms. The molecule has 4 rings (SSSR count). The van der Waals surface area contributed by atoms with Gasteiger partial charge >= 0.3 is 0 Å². The molecule has 2 aromatic carbocycles. The summed E-state index contributed by atoms with van der Waals surface area (Å²) in [7, 11) is 0. The molecule has 1 fully saturated rings. The smallest absolute Gasteiger partial charge is 0.263 e. The van der Waals surface area contributed by atoms with Gasteiger partial charge in [-0.25, -0.2) is 9.29 Å². The first kappa shape index (κ1) is 20.0. The summed E-state index contributed by atoms with van der Waals surface area (Å²) >= 11 is 5.77. The minimum Gasteiger partial charge on any atom is -0.324 e. The number of carbonyl (C=O) groups excluding carboxylic acids is 3. The fraction of sp³-hybridized carbons (Fsp3) is 0.250. The van der Waals surface area contributed by atoms with Gasteiger partial charge in [-0.05, 0) is 55.3 Å². The van der Waals surface area contributed by atoms with Crippen LogP contribution in [0.25, 0.3) is 0 Å². The summed E-state index contributed by atoms with van der Waals surface area (Å²) in [6, 6.07) is 6.96. The van der Waals surface area contributed by atoms with E-state index in [0.29, 0.717) is 5.69 Å². The number of aryl methyl sites for hydroxylation is 2. The molecule has 0 radical (unpaired) electrons. The van der Waals surface area contributed by atoms with Gasteiger partial charge in [0.05, 0.1) is 10.7 Å². The second-order valence-electron chi connectivity index (χ2n) is 7.15. The van der Waals surface area contributed by atoms with Crippen molar-refractivity contribution in [1.29, 1.82) is 0 Å². The average molecular weight is 430 g/mol. The van der Waals surface area contributed by atoms with Gasteiger partial charge in [0.15, 0.2) is 12.1 Å². The predicted octanol–water partition coefficient (Wildman–Crippen LogP) is 3.03. The van der Waals surface area contributed by atoms with E-state index >= 15 is 0 Å². The molecule has 0 bridgehead atoms. The van der Waals surface area contributed by atoms with E-state index in [2.05, 4.69) is 15.7 Å². The van der Waals surface area contributed by atoms with Crippen LogP contribution in [-0.2, 0) is 14.4 Å². The summed E-state index contributed by atoms with van der Waals surface area (Å²) in [4.78, 5) is 38.9. The third-order valence-electron chi connectivity index (χ3n) is 5.12. The van der Waals surface area contributed by atoms with Crippen LogP contribution in [0.3, 0.4) is 0 Å². The number of rotatable bonds is 4. The maximum atomic E-state index is 13.4. The normalized spacial score (nSPS) is 20.1. The second kappa shape index (κ2) is 7.49. The molecule has 3 amide bonds. The Balaban J connectivity index is 1.49. The standard InChI is InChI=1S/C20H17ClFN5O3/c1-10-3-4-12(7-11(10)2)23-16(28)9-26-18-17(24-25-26)19(29)27(20(18)30)13-5-6-15(22)14(21)8-13/h3-8,17-18H,9H2,1-2H3,(H,23,28)/t17-,18+/m0/s1. The number of halogens is 2. The van der Waals surface area contributed by atoms with Crippen LogP contribution in [0.2, 0.25) is 5.02 Å². The lowest BCUT2D eigenvalue weighted by atomic mass is 10.1. The topological polar surface area (TPSA) is 94.4 Å². The highest BCUT2D eigenvalue weighted by molar-refractivity contribution is 6.32. The molecule has 2 aromatic rings. The van der Waals surface area contributed by atoms with Crippen molar-refractivity contribution in [2.45, 2.75) is 25.9 Å². The Morgan fingerprint density at radius 3 is 2.60 bits per heavy atom. The first-order valence-corrected chi connectivity index (χ1v) is 9.51. The Bertz CT molecular complexity index is 1110. The van der Waals surface area contributed by atoms with Gasteiger partial charge in [0, 0.05) is 5.69 Å². The summed E-state index contributed by atoms with van der Waals surface area (Å²) < 4.78 is 13.4. The van der Waals surface area contributed by atoms with E-state index in [0.717, 1.165) is 22.1 Å². The van der Waals surface area contributed by atoms with Crippen LogP contribution in [0.1, 0.15) is 11.1 Å². The number of fused-ring (bicyclic) bond motifs is 1. The Labute approximate surface area is 176 Å². The minimum atomic E-state index is -1.06. The van der Waals surface area contributed by atoms with Crippen LogP contribution in [0, 0.1) is 19.7 Å². The van der Waals surface area contributed by atoms with Crippen LogP contribution in [-0.4, -0.2) is 41.4 Å². The minimum absolute atomic E-state index is 0.139. The Hall–Kier alpha value is -3.33. The number of anilines is 2. The third kappa shape index (κ3) is 3.41. The van der Waals surface area contributed by atoms with Gasteiger partial charge in [-0.2, -0.15) is 5.11 Å². The molecule has 0 saturated carbocycles. The number of amides is 3. The first-order chi connectivity index (χ1) is 14.3. The highest BCUT2D eigenvalue weighted by Gasteiger charge is 2.55. The van der Waals surface area contributed by atoms with Gasteiger partial charge in [0.2, 0.25) is 5.91 Å². The summed E-state index contributed by atoms with van der Waals surface area (Å²) in [6.07, 6.45) is 0. The largest absolute Gasteiger partial charge is 0.324 e. The number of nitrogens with zero attached hydrogens (tertiary/aromatic N) is 4. The van der Waals surface area contributed by atoms with Crippen molar-refractivity contribution in [2.24, 2.45) is 10.3 Å². The van der Waals surface area contributed by atoms with Crippen LogP contribution in [0.15, 0.2) is 46.7 Å². The van der Waals surface area contributed by atoms with Gasteiger partial charge < -0.3 is 5.32 Å². The maximum Gasteiger partial charge on any atom is 0.263 e. The highest BCUT2D eigenvalue weighted by Crippen LogP contribution is 2.33. The Morgan fingerprint density at radius 2 is 1.90 bits per heavy atom. The number of hydrogen-bond donors (Lipinski definition) is 1. The van der Waals surface area contributed by atoms with Gasteiger partial charge in [-0.1, -0.05) is 22.9 Å². The maximum absolute atomic E-state index is 13.4. The van der Waals surface area contributed by atoms with Gasteiger partial charge in [-0.15, -0.1) is 0 Å². The molecule has 0 unspecified atom stereocenters. The molecule has 2 atom stereocenters. The molecule has 10 heteroatoms. The molecule has 154 valence electrons. The molecule has 0 aromatic heterocycles. The Morgan fingerprint density at radius 1 is 1.13 bits per heavy atom. The first-order valence-electron chi connectivity index (χ1n) is 9.13. The lowest BCUT2D eigenvalue weighted by Gasteiger charge is -2.20. The Kier molecular flexibility index (Phi) is 4.98. The van der Waals surface area contributed by atoms with E-state index < -0.39 is 35.6 Å². The summed E-state index contributed by atoms with van der Waals surface area (Å²) in [6.45, 7) is 3.65. The zero-order valence-electron chi connectivity index (χ0n) is 16.1. The number of hydrogen-bond acceptors (Lipinski definition) is 6. The van der Waals surface area contributed by atoms with Crippen LogP contribution < -0.4 is 10.2 Å². The molecule has 1 N–H and O–H groups in total. The van der Waals surface area contributed by atoms with Crippen molar-refractivity contribution in [2.75, 3.05) is 16.8 Å². The number of imide groups is 1. The van der Waals surface area contributed by atoms with Crippen molar-refractivity contribution in [3.05, 3.63) is 58.4 Å². The summed E-state index contributed by atoms with van der Waals surface area (Å²) in [5, 5.41) is 11.4. The van der Waals surface area contributed by atoms with Gasteiger partial charge in [0.1, 0.15) is 12.4 Å². The van der Waals surface area contributed by atoms with E-state index in [-0.39, 0.29) is 17.3 Å². The molecule has 1 saturated heterocycles. The number of benzene rings is 2. The average Bonchev–Trinajstić information content (AvgIpc) is 3.21. The lowest BCUT2D eigenvalue weighted by Crippen LogP contribution is -2.43. The van der Waals surface area contributed by atoms with Crippen molar-refractivity contribution in [1.82, 2.24) is 5.01 Å². The van der Waals surface area contributed by atoms with E-state index in [1.807, 2.05) is 26.0 Å². The van der Waals surface area contributed by atoms with E-state index in [1.165, 1.54) is 17.1 Å². The van der Waals surface area contributed by atoms with E-state index in [4.69, 9.17) is 11.6 Å². The molecule has 30 heavy (non-hydrogen) atoms. The van der Waals surface area contributed by atoms with Crippen LogP contribution in [0.4, 0.5) is 15.8 Å². The molecule has 8 nitrogen and oxygen atoms in total. The second-order valence-corrected chi connectivity index (χ2v) is 7.56. The number of carbonyl (C=O) groups is 3. The predicted molar refractivity (Wildman–Crippen MR) is 108 cm³/mol. The molecule has 2 heterocycles. The van der Waals surface area contributed by atoms with E-state index in [9.17, 15) is 18.8 Å². The third-order valence-corrected chi connectivity index (χ3v) is 5.41. The van der Waals surface area contributed by atoms with Crippen molar-refractivity contribution < 1.29 is 18.8 Å². The zero-order valence-corrected chi connectivity index (χ0v) is 16.9. The molecular formula is C20H17ClFN5O3. The van der Waals surface area contributed by atoms with Crippen LogP contribution >= 0.6 is 11.6 Å². The molecular weight excluding hydrogens is 413 g/mol. The summed E-state index contributed by atoms with van der Waals surface area (Å²) in [5.41, 5.74) is 2.88. The van der Waals surface area contributed by atoms with Crippen molar-refractivity contribution in [3.63, 3.8) is 0 Å². The fourth-order valence-electron chi connectivity index (χ4n) is 3.40. The van der Waals surface area contributed by atoms with Gasteiger partial charge in [0.25, 0.3) is 11.8 Å². The molecule has 2 aliphatic heterocycles. The lowest BCUT2D eigenvalue weighted by molar-refractivity contribution is -0.123. The zero-order chi connectivity index (χ0) is 21.6. The fourth-order valence-corrected chi connectivity index (χ4v) is 3.57. The quantitative estimate of drug-likeness (QED) is 0.756. The van der Waals surface area contributed by atoms with Crippen molar-refractivity contribution in [3.8, 4) is 0 Å². The molecule has 0 aliphatic carbocycles. The number of nitrogens with one attached hydrogen (secondary N) is 1. The highest BCUT2D eigenvalue weighted by atomic mass is 35.5. The summed E-state index contributed by atoms with van der Waals surface area (Å²) in [5.74, 6) is -2.27. The monoisotopic (exact) mass is 429 g/mol. The molecule has 2 aliphatic rings.